The predicted octanol–water partition coefficient (Wildman–Crippen LogP) is 0.453. The molecule has 0 saturated carbocycles. The number of ether oxygens (including phenoxy) is 2. The summed E-state index contributed by atoms with van der Waals surface area (Å²) in [6.07, 6.45) is 0.988. The Labute approximate surface area is 119 Å². The van der Waals surface area contributed by atoms with Crippen molar-refractivity contribution in [3.63, 3.8) is 0 Å². The Bertz CT molecular complexity index is 490. The van der Waals surface area contributed by atoms with Gasteiger partial charge in [-0.05, 0) is 19.1 Å². The number of hydrogen-bond acceptors (Lipinski definition) is 6. The van der Waals surface area contributed by atoms with Gasteiger partial charge < -0.3 is 14.8 Å². The Morgan fingerprint density at radius 3 is 2.60 bits per heavy atom. The molecule has 1 unspecified atom stereocenters. The lowest BCUT2D eigenvalue weighted by Crippen LogP contribution is -2.35. The molecule has 0 saturated heterocycles. The van der Waals surface area contributed by atoms with Gasteiger partial charge in [0, 0.05) is 33.5 Å². The van der Waals surface area contributed by atoms with E-state index in [4.69, 9.17) is 9.47 Å². The van der Waals surface area contributed by atoms with E-state index in [-0.39, 0.29) is 17.5 Å². The molecule has 8 heteroatoms. The van der Waals surface area contributed by atoms with E-state index in [9.17, 15) is 8.42 Å². The van der Waals surface area contributed by atoms with Crippen LogP contribution in [-0.2, 0) is 19.5 Å². The summed E-state index contributed by atoms with van der Waals surface area (Å²) in [6.45, 7) is 3.12. The van der Waals surface area contributed by atoms with Crippen molar-refractivity contribution in [2.45, 2.75) is 17.9 Å². The first-order chi connectivity index (χ1) is 9.53. The fourth-order valence-corrected chi connectivity index (χ4v) is 2.52. The van der Waals surface area contributed by atoms with Gasteiger partial charge in [-0.1, -0.05) is 0 Å². The third-order valence-electron chi connectivity index (χ3n) is 2.59. The van der Waals surface area contributed by atoms with Crippen molar-refractivity contribution in [3.8, 4) is 0 Å². The highest BCUT2D eigenvalue weighted by atomic mass is 32.2. The van der Waals surface area contributed by atoms with E-state index in [1.54, 1.807) is 6.07 Å². The molecule has 0 aliphatic rings. The fraction of sp³-hybridized carbons (Fsp3) is 0.583. The molecule has 0 bridgehead atoms. The predicted molar refractivity (Wildman–Crippen MR) is 76.3 cm³/mol. The molecule has 1 heterocycles. The van der Waals surface area contributed by atoms with Gasteiger partial charge in [0.25, 0.3) is 0 Å². The average Bonchev–Trinajstić information content (AvgIpc) is 2.44. The minimum absolute atomic E-state index is 0.117. The zero-order valence-corrected chi connectivity index (χ0v) is 12.7. The van der Waals surface area contributed by atoms with E-state index >= 15 is 0 Å². The summed E-state index contributed by atoms with van der Waals surface area (Å²) < 4.78 is 36.6. The lowest BCUT2D eigenvalue weighted by molar-refractivity contribution is 0.0320. The maximum atomic E-state index is 12.1. The highest BCUT2D eigenvalue weighted by Gasteiger charge is 2.17. The van der Waals surface area contributed by atoms with Crippen molar-refractivity contribution >= 4 is 15.8 Å². The second-order valence-corrected chi connectivity index (χ2v) is 5.84. The molecule has 114 valence electrons. The molecule has 2 N–H and O–H groups in total. The number of nitrogens with one attached hydrogen (secondary N) is 2. The zero-order chi connectivity index (χ0) is 15.0. The van der Waals surface area contributed by atoms with Gasteiger partial charge in [-0.15, -0.1) is 0 Å². The molecule has 1 rings (SSSR count). The minimum atomic E-state index is -3.59. The Morgan fingerprint density at radius 2 is 2.10 bits per heavy atom. The van der Waals surface area contributed by atoms with Crippen LogP contribution in [0.3, 0.4) is 0 Å². The molecule has 0 aliphatic carbocycles. The van der Waals surface area contributed by atoms with Crippen molar-refractivity contribution < 1.29 is 17.9 Å². The zero-order valence-electron chi connectivity index (χ0n) is 11.9. The van der Waals surface area contributed by atoms with Crippen LogP contribution in [0.25, 0.3) is 0 Å². The second kappa shape index (κ2) is 8.15. The molecule has 0 aromatic carbocycles. The van der Waals surface area contributed by atoms with Gasteiger partial charge in [-0.3, -0.25) is 0 Å². The molecule has 1 aromatic heterocycles. The number of pyridine rings is 1. The lowest BCUT2D eigenvalue weighted by atomic mass is 10.4. The highest BCUT2D eigenvalue weighted by molar-refractivity contribution is 7.89. The minimum Gasteiger partial charge on any atom is -0.382 e. The summed E-state index contributed by atoms with van der Waals surface area (Å²) in [6, 6.07) is 3.13. The van der Waals surface area contributed by atoms with E-state index in [0.717, 1.165) is 6.54 Å². The van der Waals surface area contributed by atoms with Crippen molar-refractivity contribution in [1.82, 2.24) is 9.71 Å². The molecular formula is C12H21N3O4S. The average molecular weight is 303 g/mol. The Morgan fingerprint density at radius 1 is 1.35 bits per heavy atom. The fourth-order valence-electron chi connectivity index (χ4n) is 1.51. The molecule has 1 atom stereocenters. The standard InChI is InChI=1S/C12H21N3O4S/c1-4-13-12-6-5-11(8-14-12)20(16,17)15-7-10(19-3)9-18-2/h5-6,8,10,15H,4,7,9H2,1-3H3,(H,13,14). The van der Waals surface area contributed by atoms with Crippen LogP contribution in [0, 0.1) is 0 Å². The van der Waals surface area contributed by atoms with Crippen LogP contribution in [0.15, 0.2) is 23.2 Å². The Balaban J connectivity index is 2.68. The van der Waals surface area contributed by atoms with Crippen molar-refractivity contribution in [2.24, 2.45) is 0 Å². The Kier molecular flexibility index (Phi) is 6.86. The maximum Gasteiger partial charge on any atom is 0.242 e. The number of hydrogen-bond donors (Lipinski definition) is 2. The largest absolute Gasteiger partial charge is 0.382 e. The monoisotopic (exact) mass is 303 g/mol. The van der Waals surface area contributed by atoms with Crippen molar-refractivity contribution in [1.29, 1.82) is 0 Å². The summed E-state index contributed by atoms with van der Waals surface area (Å²) in [7, 11) is -0.555. The van der Waals surface area contributed by atoms with Gasteiger partial charge in [0.1, 0.15) is 10.7 Å². The van der Waals surface area contributed by atoms with Gasteiger partial charge in [-0.2, -0.15) is 0 Å². The molecule has 1 aromatic rings. The molecule has 20 heavy (non-hydrogen) atoms. The van der Waals surface area contributed by atoms with Gasteiger partial charge in [0.2, 0.25) is 10.0 Å². The van der Waals surface area contributed by atoms with Crippen molar-refractivity contribution in [2.75, 3.05) is 39.2 Å². The van der Waals surface area contributed by atoms with Crippen molar-refractivity contribution in [3.05, 3.63) is 18.3 Å². The maximum absolute atomic E-state index is 12.1. The van der Waals surface area contributed by atoms with Crippen LogP contribution >= 0.6 is 0 Å². The first kappa shape index (κ1) is 16.8. The number of aromatic nitrogens is 1. The second-order valence-electron chi connectivity index (χ2n) is 4.07. The van der Waals surface area contributed by atoms with Crippen LogP contribution < -0.4 is 10.0 Å². The summed E-state index contributed by atoms with van der Waals surface area (Å²) in [5.41, 5.74) is 0. The van der Waals surface area contributed by atoms with Crippen LogP contribution in [-0.4, -0.2) is 53.4 Å². The topological polar surface area (TPSA) is 89.6 Å². The lowest BCUT2D eigenvalue weighted by Gasteiger charge is -2.15. The van der Waals surface area contributed by atoms with E-state index < -0.39 is 10.0 Å². The van der Waals surface area contributed by atoms with E-state index in [1.807, 2.05) is 6.92 Å². The molecular weight excluding hydrogens is 282 g/mol. The third kappa shape index (κ3) is 5.04. The van der Waals surface area contributed by atoms with Crippen LogP contribution in [0.1, 0.15) is 6.92 Å². The number of anilines is 1. The highest BCUT2D eigenvalue weighted by Crippen LogP contribution is 2.10. The summed E-state index contributed by atoms with van der Waals surface area (Å²) in [4.78, 5) is 4.15. The smallest absolute Gasteiger partial charge is 0.242 e. The third-order valence-corrected chi connectivity index (χ3v) is 4.00. The van der Waals surface area contributed by atoms with Crippen LogP contribution in [0.4, 0.5) is 5.82 Å². The summed E-state index contributed by atoms with van der Waals surface area (Å²) >= 11 is 0. The molecule has 0 fully saturated rings. The van der Waals surface area contributed by atoms with Gasteiger partial charge in [-0.25, -0.2) is 18.1 Å². The van der Waals surface area contributed by atoms with E-state index in [2.05, 4.69) is 15.0 Å². The normalized spacial score (nSPS) is 13.2. The van der Waals surface area contributed by atoms with Gasteiger partial charge in [0.05, 0.1) is 12.7 Å². The first-order valence-electron chi connectivity index (χ1n) is 6.24. The number of methoxy groups -OCH3 is 2. The van der Waals surface area contributed by atoms with Crippen LogP contribution in [0.5, 0.6) is 0 Å². The van der Waals surface area contributed by atoms with Gasteiger partial charge >= 0.3 is 0 Å². The molecule has 0 aliphatic heterocycles. The molecule has 0 radical (unpaired) electrons. The molecule has 0 spiro atoms. The van der Waals surface area contributed by atoms with Crippen LogP contribution in [0.2, 0.25) is 0 Å². The van der Waals surface area contributed by atoms with E-state index in [1.165, 1.54) is 26.5 Å². The molecule has 0 amide bonds. The summed E-state index contributed by atoms with van der Waals surface area (Å²) in [5.74, 6) is 0.639. The number of nitrogens with zero attached hydrogens (tertiary/aromatic N) is 1. The van der Waals surface area contributed by atoms with E-state index in [0.29, 0.717) is 12.4 Å². The molecule has 7 nitrogen and oxygen atoms in total. The number of rotatable bonds is 9. The first-order valence-corrected chi connectivity index (χ1v) is 7.73. The summed E-state index contributed by atoms with van der Waals surface area (Å²) in [5, 5.41) is 3.00. The Hall–Kier alpha value is -1.22. The quantitative estimate of drug-likeness (QED) is 0.688. The van der Waals surface area contributed by atoms with Gasteiger partial charge in [0.15, 0.2) is 0 Å². The number of sulfonamides is 1. The SMILES string of the molecule is CCNc1ccc(S(=O)(=O)NCC(COC)OC)cn1.